The zero-order valence-corrected chi connectivity index (χ0v) is 11.6. The maximum absolute atomic E-state index is 5.65. The largest absolute Gasteiger partial charge is 0.424 e. The molecule has 4 heteroatoms. The van der Waals surface area contributed by atoms with Crippen molar-refractivity contribution in [3.63, 3.8) is 0 Å². The first kappa shape index (κ1) is 13.7. The van der Waals surface area contributed by atoms with E-state index in [1.807, 2.05) is 13.0 Å². The van der Waals surface area contributed by atoms with E-state index in [1.165, 1.54) is 5.56 Å². The van der Waals surface area contributed by atoms with E-state index >= 15 is 0 Å². The van der Waals surface area contributed by atoms with E-state index in [2.05, 4.69) is 46.7 Å². The predicted octanol–water partition coefficient (Wildman–Crippen LogP) is 2.92. The van der Waals surface area contributed by atoms with Gasteiger partial charge >= 0.3 is 0 Å². The Balaban J connectivity index is 1.80. The Morgan fingerprint density at radius 3 is 2.68 bits per heavy atom. The van der Waals surface area contributed by atoms with Gasteiger partial charge in [0.25, 0.3) is 0 Å². The van der Waals surface area contributed by atoms with Crippen molar-refractivity contribution in [1.29, 1.82) is 0 Å². The van der Waals surface area contributed by atoms with Crippen LogP contribution >= 0.6 is 0 Å². The van der Waals surface area contributed by atoms with Crippen molar-refractivity contribution in [2.24, 2.45) is 0 Å². The second kappa shape index (κ2) is 7.04. The summed E-state index contributed by atoms with van der Waals surface area (Å²) in [6.07, 6.45) is 2.91. The van der Waals surface area contributed by atoms with Crippen molar-refractivity contribution in [2.45, 2.75) is 39.2 Å². The van der Waals surface area contributed by atoms with Crippen LogP contribution in [0.2, 0.25) is 0 Å². The number of hydrogen-bond donors (Lipinski definition) is 1. The molecule has 0 bridgehead atoms. The van der Waals surface area contributed by atoms with Gasteiger partial charge in [-0.2, -0.15) is 0 Å². The van der Waals surface area contributed by atoms with Gasteiger partial charge in [-0.25, -0.2) is 0 Å². The Labute approximate surface area is 114 Å². The highest BCUT2D eigenvalue weighted by molar-refractivity contribution is 5.14. The fourth-order valence-electron chi connectivity index (χ4n) is 2.02. The smallest absolute Gasteiger partial charge is 0.233 e. The molecule has 0 amide bonds. The zero-order chi connectivity index (χ0) is 13.5. The first-order valence-corrected chi connectivity index (χ1v) is 6.89. The lowest BCUT2D eigenvalue weighted by Crippen LogP contribution is -2.17. The van der Waals surface area contributed by atoms with Crippen molar-refractivity contribution in [1.82, 2.24) is 15.5 Å². The number of nitrogens with zero attached hydrogens (tertiary/aromatic N) is 2. The Kier molecular flexibility index (Phi) is 5.10. The standard InChI is InChI=1S/C15H21N3O/c1-3-16-12(2)15-18-17-14(19-15)11-7-10-13-8-5-4-6-9-13/h4-6,8-9,12,16H,3,7,10-11H2,1-2H3. The van der Waals surface area contributed by atoms with Gasteiger partial charge in [-0.15, -0.1) is 10.2 Å². The van der Waals surface area contributed by atoms with Gasteiger partial charge in [0.05, 0.1) is 6.04 Å². The van der Waals surface area contributed by atoms with Crippen LogP contribution in [0.3, 0.4) is 0 Å². The molecule has 0 aliphatic rings. The Morgan fingerprint density at radius 1 is 1.16 bits per heavy atom. The van der Waals surface area contributed by atoms with Gasteiger partial charge in [0.1, 0.15) is 0 Å². The van der Waals surface area contributed by atoms with Crippen molar-refractivity contribution in [3.8, 4) is 0 Å². The van der Waals surface area contributed by atoms with Gasteiger partial charge < -0.3 is 9.73 Å². The van der Waals surface area contributed by atoms with Gasteiger partial charge in [-0.05, 0) is 31.9 Å². The summed E-state index contributed by atoms with van der Waals surface area (Å²) in [6, 6.07) is 10.6. The molecule has 0 aliphatic carbocycles. The van der Waals surface area contributed by atoms with Gasteiger partial charge in [0.2, 0.25) is 11.8 Å². The number of nitrogens with one attached hydrogen (secondary N) is 1. The van der Waals surface area contributed by atoms with E-state index in [0.29, 0.717) is 5.89 Å². The SMILES string of the molecule is CCNC(C)c1nnc(CCCc2ccccc2)o1. The molecule has 19 heavy (non-hydrogen) atoms. The quantitative estimate of drug-likeness (QED) is 0.830. The highest BCUT2D eigenvalue weighted by atomic mass is 16.4. The third-order valence-electron chi connectivity index (χ3n) is 3.06. The van der Waals surface area contributed by atoms with Crippen LogP contribution in [0.15, 0.2) is 34.7 Å². The molecule has 0 aliphatic heterocycles. The van der Waals surface area contributed by atoms with Crippen LogP contribution in [0.4, 0.5) is 0 Å². The van der Waals surface area contributed by atoms with Crippen LogP contribution in [-0.4, -0.2) is 16.7 Å². The molecular weight excluding hydrogens is 238 g/mol. The molecule has 1 atom stereocenters. The Bertz CT molecular complexity index is 481. The number of aryl methyl sites for hydroxylation is 2. The number of benzene rings is 1. The van der Waals surface area contributed by atoms with Crippen LogP contribution in [-0.2, 0) is 12.8 Å². The lowest BCUT2D eigenvalue weighted by molar-refractivity contribution is 0.394. The minimum atomic E-state index is 0.125. The summed E-state index contributed by atoms with van der Waals surface area (Å²) in [5.41, 5.74) is 1.35. The molecule has 1 heterocycles. The summed E-state index contributed by atoms with van der Waals surface area (Å²) < 4.78 is 5.65. The van der Waals surface area contributed by atoms with Crippen molar-refractivity contribution < 1.29 is 4.42 Å². The molecule has 1 unspecified atom stereocenters. The molecule has 0 fully saturated rings. The van der Waals surface area contributed by atoms with E-state index < -0.39 is 0 Å². The van der Waals surface area contributed by atoms with Crippen molar-refractivity contribution in [2.75, 3.05) is 6.54 Å². The monoisotopic (exact) mass is 259 g/mol. The third kappa shape index (κ3) is 4.17. The number of rotatable bonds is 7. The lowest BCUT2D eigenvalue weighted by Gasteiger charge is -2.05. The fourth-order valence-corrected chi connectivity index (χ4v) is 2.02. The topological polar surface area (TPSA) is 51.0 Å². The fraction of sp³-hybridized carbons (Fsp3) is 0.467. The second-order valence-electron chi connectivity index (χ2n) is 4.65. The third-order valence-corrected chi connectivity index (χ3v) is 3.06. The molecule has 0 radical (unpaired) electrons. The molecular formula is C15H21N3O. The average Bonchev–Trinajstić information content (AvgIpc) is 2.89. The van der Waals surface area contributed by atoms with E-state index in [0.717, 1.165) is 31.7 Å². The summed E-state index contributed by atoms with van der Waals surface area (Å²) in [7, 11) is 0. The highest BCUT2D eigenvalue weighted by Gasteiger charge is 2.12. The van der Waals surface area contributed by atoms with Gasteiger partial charge in [0, 0.05) is 6.42 Å². The minimum absolute atomic E-state index is 0.125. The summed E-state index contributed by atoms with van der Waals surface area (Å²) in [5.74, 6) is 1.41. The first-order chi connectivity index (χ1) is 9.29. The van der Waals surface area contributed by atoms with E-state index in [9.17, 15) is 0 Å². The summed E-state index contributed by atoms with van der Waals surface area (Å²) in [4.78, 5) is 0. The average molecular weight is 259 g/mol. The van der Waals surface area contributed by atoms with Gasteiger partial charge in [-0.3, -0.25) is 0 Å². The van der Waals surface area contributed by atoms with Crippen molar-refractivity contribution in [3.05, 3.63) is 47.7 Å². The van der Waals surface area contributed by atoms with Gasteiger partial charge in [-0.1, -0.05) is 37.3 Å². The molecule has 0 saturated heterocycles. The molecule has 2 rings (SSSR count). The number of aromatic nitrogens is 2. The van der Waals surface area contributed by atoms with Crippen LogP contribution in [0.1, 0.15) is 43.7 Å². The minimum Gasteiger partial charge on any atom is -0.424 e. The Hall–Kier alpha value is -1.68. The van der Waals surface area contributed by atoms with Crippen LogP contribution in [0, 0.1) is 0 Å². The van der Waals surface area contributed by atoms with Crippen LogP contribution in [0.5, 0.6) is 0 Å². The highest BCUT2D eigenvalue weighted by Crippen LogP contribution is 2.12. The summed E-state index contributed by atoms with van der Waals surface area (Å²) >= 11 is 0. The maximum atomic E-state index is 5.65. The molecule has 1 aromatic heterocycles. The molecule has 4 nitrogen and oxygen atoms in total. The maximum Gasteiger partial charge on any atom is 0.233 e. The molecule has 0 saturated carbocycles. The zero-order valence-electron chi connectivity index (χ0n) is 11.6. The molecule has 0 spiro atoms. The predicted molar refractivity (Wildman–Crippen MR) is 74.9 cm³/mol. The first-order valence-electron chi connectivity index (χ1n) is 6.89. The Morgan fingerprint density at radius 2 is 1.95 bits per heavy atom. The molecule has 102 valence electrons. The lowest BCUT2D eigenvalue weighted by atomic mass is 10.1. The van der Waals surface area contributed by atoms with E-state index in [4.69, 9.17) is 4.42 Å². The van der Waals surface area contributed by atoms with Crippen molar-refractivity contribution >= 4 is 0 Å². The van der Waals surface area contributed by atoms with Gasteiger partial charge in [0.15, 0.2) is 0 Å². The van der Waals surface area contributed by atoms with Crippen LogP contribution in [0.25, 0.3) is 0 Å². The normalized spacial score (nSPS) is 12.5. The molecule has 2 aromatic rings. The van der Waals surface area contributed by atoms with E-state index in [-0.39, 0.29) is 6.04 Å². The van der Waals surface area contributed by atoms with Crippen LogP contribution < -0.4 is 5.32 Å². The molecule has 1 N–H and O–H groups in total. The summed E-state index contributed by atoms with van der Waals surface area (Å²) in [5, 5.41) is 11.4. The van der Waals surface area contributed by atoms with E-state index in [1.54, 1.807) is 0 Å². The summed E-state index contributed by atoms with van der Waals surface area (Å²) in [6.45, 7) is 4.99. The molecule has 1 aromatic carbocycles. The second-order valence-corrected chi connectivity index (χ2v) is 4.65. The number of hydrogen-bond acceptors (Lipinski definition) is 4.